The average Bonchev–Trinajstić information content (AvgIpc) is 3.38. The molecule has 1 N–H and O–H groups in total. The van der Waals surface area contributed by atoms with Crippen molar-refractivity contribution >= 4 is 33.2 Å². The molecule has 6 rings (SSSR count). The van der Waals surface area contributed by atoms with Gasteiger partial charge in [0.25, 0.3) is 5.91 Å². The number of carbonyl (C=O) groups excluding carboxylic acids is 1. The molecule has 1 amide bonds. The number of nitrogens with zero attached hydrogens (tertiary/aromatic N) is 2. The van der Waals surface area contributed by atoms with E-state index in [9.17, 15) is 13.2 Å². The number of para-hydroxylation sites is 2. The second-order valence-corrected chi connectivity index (χ2v) is 11.2. The smallest absolute Gasteiger partial charge is 0.253 e. The highest BCUT2D eigenvalue weighted by Crippen LogP contribution is 2.49. The number of carbonyl (C=O) groups is 1. The number of pyridine rings is 1. The molecule has 0 spiro atoms. The van der Waals surface area contributed by atoms with Crippen LogP contribution in [0.2, 0.25) is 0 Å². The van der Waals surface area contributed by atoms with Gasteiger partial charge in [-0.2, -0.15) is 0 Å². The fraction of sp³-hybridized carbons (Fsp3) is 0.0370. The number of sulfone groups is 1. The molecule has 0 fully saturated rings. The summed E-state index contributed by atoms with van der Waals surface area (Å²) in [6.45, 7) is 0.262. The Hall–Kier alpha value is -4.08. The summed E-state index contributed by atoms with van der Waals surface area (Å²) in [7, 11) is -3.82. The molecule has 36 heavy (non-hydrogen) atoms. The van der Waals surface area contributed by atoms with E-state index in [2.05, 4.69) is 10.3 Å². The van der Waals surface area contributed by atoms with Gasteiger partial charge in [0.2, 0.25) is 9.84 Å². The normalized spacial score (nSPS) is 12.4. The van der Waals surface area contributed by atoms with Crippen molar-refractivity contribution in [3.63, 3.8) is 0 Å². The number of benzene rings is 3. The van der Waals surface area contributed by atoms with Gasteiger partial charge in [-0.05, 0) is 54.1 Å². The van der Waals surface area contributed by atoms with Crippen molar-refractivity contribution in [2.75, 3.05) is 0 Å². The van der Waals surface area contributed by atoms with E-state index in [1.165, 1.54) is 11.8 Å². The minimum Gasteiger partial charge on any atom is -0.454 e. The van der Waals surface area contributed by atoms with Gasteiger partial charge in [0.1, 0.15) is 16.3 Å². The lowest BCUT2D eigenvalue weighted by atomic mass is 10.2. The van der Waals surface area contributed by atoms with Crippen LogP contribution < -0.4 is 10.1 Å². The highest BCUT2D eigenvalue weighted by molar-refractivity contribution is 7.99. The van der Waals surface area contributed by atoms with E-state index in [-0.39, 0.29) is 22.2 Å². The zero-order chi connectivity index (χ0) is 24.7. The van der Waals surface area contributed by atoms with Crippen molar-refractivity contribution in [1.29, 1.82) is 0 Å². The molecule has 0 bridgehead atoms. The Morgan fingerprint density at radius 3 is 2.61 bits per heavy atom. The number of ether oxygens (including phenoxy) is 1. The van der Waals surface area contributed by atoms with Gasteiger partial charge in [-0.1, -0.05) is 42.1 Å². The Balaban J connectivity index is 1.20. The van der Waals surface area contributed by atoms with E-state index in [1.54, 1.807) is 71.5 Å². The lowest BCUT2D eigenvalue weighted by Crippen LogP contribution is -2.23. The van der Waals surface area contributed by atoms with Gasteiger partial charge in [-0.3, -0.25) is 4.79 Å². The predicted molar refractivity (Wildman–Crippen MR) is 135 cm³/mol. The maximum atomic E-state index is 13.5. The third-order valence-corrected chi connectivity index (χ3v) is 8.74. The molecule has 0 saturated heterocycles. The lowest BCUT2D eigenvalue weighted by Gasteiger charge is -2.21. The van der Waals surface area contributed by atoms with E-state index in [4.69, 9.17) is 4.74 Å². The average molecular weight is 514 g/mol. The van der Waals surface area contributed by atoms with Gasteiger partial charge >= 0.3 is 0 Å². The predicted octanol–water partition coefficient (Wildman–Crippen LogP) is 5.35. The van der Waals surface area contributed by atoms with Crippen molar-refractivity contribution in [1.82, 2.24) is 14.7 Å². The molecule has 3 aromatic carbocycles. The zero-order valence-corrected chi connectivity index (χ0v) is 20.4. The summed E-state index contributed by atoms with van der Waals surface area (Å²) in [5.74, 6) is 0.747. The Kier molecular flexibility index (Phi) is 5.50. The van der Waals surface area contributed by atoms with Crippen LogP contribution in [-0.4, -0.2) is 23.7 Å². The Morgan fingerprint density at radius 1 is 0.944 bits per heavy atom. The molecular formula is C27H19N3O4S2. The number of fused-ring (bicyclic) bond motifs is 3. The van der Waals surface area contributed by atoms with E-state index < -0.39 is 9.84 Å². The minimum absolute atomic E-state index is 0.123. The van der Waals surface area contributed by atoms with Crippen LogP contribution in [0, 0.1) is 0 Å². The molecule has 0 aliphatic carbocycles. The first-order chi connectivity index (χ1) is 17.5. The summed E-state index contributed by atoms with van der Waals surface area (Å²) in [4.78, 5) is 18.7. The molecule has 0 radical (unpaired) electrons. The van der Waals surface area contributed by atoms with Crippen LogP contribution in [0.1, 0.15) is 15.9 Å². The Bertz CT molecular complexity index is 1730. The fourth-order valence-corrected chi connectivity index (χ4v) is 6.44. The Morgan fingerprint density at radius 2 is 1.75 bits per heavy atom. The number of rotatable bonds is 5. The summed E-state index contributed by atoms with van der Waals surface area (Å²) < 4.78 is 34.8. The largest absolute Gasteiger partial charge is 0.454 e. The van der Waals surface area contributed by atoms with Crippen LogP contribution in [0.15, 0.2) is 117 Å². The van der Waals surface area contributed by atoms with Crippen LogP contribution in [0.5, 0.6) is 11.5 Å². The molecular weight excluding hydrogens is 494 g/mol. The van der Waals surface area contributed by atoms with Crippen LogP contribution >= 0.6 is 11.8 Å². The van der Waals surface area contributed by atoms with Gasteiger partial charge in [0, 0.05) is 25.1 Å². The summed E-state index contributed by atoms with van der Waals surface area (Å²) in [6, 6.07) is 22.7. The summed E-state index contributed by atoms with van der Waals surface area (Å²) >= 11 is 1.48. The molecule has 0 saturated carbocycles. The maximum Gasteiger partial charge on any atom is 0.253 e. The molecule has 0 unspecified atom stereocenters. The molecule has 2 aromatic heterocycles. The highest BCUT2D eigenvalue weighted by Gasteiger charge is 2.28. The van der Waals surface area contributed by atoms with Crippen LogP contribution in [0.4, 0.5) is 0 Å². The second kappa shape index (κ2) is 8.85. The number of amides is 1. The van der Waals surface area contributed by atoms with Gasteiger partial charge in [-0.25, -0.2) is 13.4 Å². The third-order valence-electron chi connectivity index (χ3n) is 5.85. The van der Waals surface area contributed by atoms with Crippen molar-refractivity contribution in [2.24, 2.45) is 0 Å². The molecule has 5 aromatic rings. The number of nitrogens with one attached hydrogen (secondary N) is 1. The lowest BCUT2D eigenvalue weighted by molar-refractivity contribution is 0.0950. The van der Waals surface area contributed by atoms with Crippen LogP contribution in [0.25, 0.3) is 5.65 Å². The Labute approximate surface area is 211 Å². The molecule has 0 atom stereocenters. The minimum atomic E-state index is -3.82. The van der Waals surface area contributed by atoms with Crippen LogP contribution in [-0.2, 0) is 16.4 Å². The second-order valence-electron chi connectivity index (χ2n) is 8.17. The molecule has 7 nitrogen and oxygen atoms in total. The van der Waals surface area contributed by atoms with E-state index in [1.807, 2.05) is 30.3 Å². The van der Waals surface area contributed by atoms with Gasteiger partial charge in [0.05, 0.1) is 20.2 Å². The molecule has 178 valence electrons. The van der Waals surface area contributed by atoms with Gasteiger partial charge < -0.3 is 14.5 Å². The van der Waals surface area contributed by atoms with E-state index in [0.29, 0.717) is 17.1 Å². The molecule has 1 aliphatic heterocycles. The van der Waals surface area contributed by atoms with Crippen molar-refractivity contribution < 1.29 is 17.9 Å². The highest BCUT2D eigenvalue weighted by atomic mass is 32.2. The molecule has 1 aliphatic rings. The molecule has 9 heteroatoms. The quantitative estimate of drug-likeness (QED) is 0.334. The number of aromatic nitrogens is 2. The van der Waals surface area contributed by atoms with E-state index in [0.717, 1.165) is 21.0 Å². The first kappa shape index (κ1) is 22.4. The van der Waals surface area contributed by atoms with Gasteiger partial charge in [-0.15, -0.1) is 0 Å². The molecule has 3 heterocycles. The van der Waals surface area contributed by atoms with Crippen LogP contribution in [0.3, 0.4) is 0 Å². The van der Waals surface area contributed by atoms with Crippen molar-refractivity contribution in [3.05, 3.63) is 109 Å². The fourth-order valence-electron chi connectivity index (χ4n) is 3.99. The summed E-state index contributed by atoms with van der Waals surface area (Å²) in [6.07, 6.45) is 5.16. The number of hydrogen-bond donors (Lipinski definition) is 1. The first-order valence-electron chi connectivity index (χ1n) is 11.1. The number of hydrogen-bond acceptors (Lipinski definition) is 6. The summed E-state index contributed by atoms with van der Waals surface area (Å²) in [5, 5.41) is 2.87. The third kappa shape index (κ3) is 4.02. The standard InChI is InChI=1S/C27H19N3O4S2/c31-27(19-10-13-25-28-14-15-30(25)17-19)29-16-18-8-11-20(12-9-18)36(32,33)24-7-3-6-23-26(24)34-21-4-1-2-5-22(21)35-23/h1-15,17H,16H2,(H,29,31). The topological polar surface area (TPSA) is 89.8 Å². The SMILES string of the molecule is O=C(NCc1ccc(S(=O)(=O)c2cccc3c2Oc2ccccc2S3)cc1)c1ccc2nccn2c1. The van der Waals surface area contributed by atoms with E-state index >= 15 is 0 Å². The first-order valence-corrected chi connectivity index (χ1v) is 13.4. The monoisotopic (exact) mass is 513 g/mol. The van der Waals surface area contributed by atoms with Gasteiger partial charge in [0.15, 0.2) is 5.75 Å². The number of imidazole rings is 1. The summed E-state index contributed by atoms with van der Waals surface area (Å²) in [5.41, 5.74) is 2.05. The zero-order valence-electron chi connectivity index (χ0n) is 18.8. The van der Waals surface area contributed by atoms with Crippen molar-refractivity contribution in [2.45, 2.75) is 26.1 Å². The maximum absolute atomic E-state index is 13.5. The van der Waals surface area contributed by atoms with Crippen molar-refractivity contribution in [3.8, 4) is 11.5 Å².